The minimum absolute atomic E-state index is 0.579. The highest BCUT2D eigenvalue weighted by atomic mass is 32.2. The van der Waals surface area contributed by atoms with E-state index in [-0.39, 0.29) is 0 Å². The Hall–Kier alpha value is -0.680. The molecule has 0 aliphatic heterocycles. The van der Waals surface area contributed by atoms with Crippen molar-refractivity contribution in [3.63, 3.8) is 0 Å². The molecule has 4 nitrogen and oxygen atoms in total. The number of nitrogens with zero attached hydrogens (tertiary/aromatic N) is 2. The molecule has 0 saturated carbocycles. The van der Waals surface area contributed by atoms with Crippen LogP contribution in [0.3, 0.4) is 0 Å². The summed E-state index contributed by atoms with van der Waals surface area (Å²) in [6, 6.07) is 0. The highest BCUT2D eigenvalue weighted by Crippen LogP contribution is 2.03. The molecule has 5 heteroatoms. The first kappa shape index (κ1) is 8.42. The summed E-state index contributed by atoms with van der Waals surface area (Å²) in [6.07, 6.45) is 2.13. The Morgan fingerprint density at radius 1 is 1.82 bits per heavy atom. The molecule has 11 heavy (non-hydrogen) atoms. The van der Waals surface area contributed by atoms with Crippen LogP contribution < -0.4 is 0 Å². The van der Waals surface area contributed by atoms with Crippen LogP contribution in [0.5, 0.6) is 0 Å². The lowest BCUT2D eigenvalue weighted by Gasteiger charge is -2.07. The molecular formula is C6H9N2O2S-. The summed E-state index contributed by atoms with van der Waals surface area (Å²) in [5.74, 6) is 0.579. The van der Waals surface area contributed by atoms with Gasteiger partial charge in [-0.2, -0.15) is 0 Å². The molecule has 0 aliphatic carbocycles. The van der Waals surface area contributed by atoms with E-state index in [0.29, 0.717) is 12.2 Å². The van der Waals surface area contributed by atoms with Crippen molar-refractivity contribution in [2.45, 2.75) is 20.3 Å². The number of aryl methyl sites for hydroxylation is 2. The van der Waals surface area contributed by atoms with E-state index in [1.165, 1.54) is 6.20 Å². The second kappa shape index (κ2) is 3.15. The van der Waals surface area contributed by atoms with E-state index in [0.717, 1.165) is 9.67 Å². The first-order chi connectivity index (χ1) is 5.15. The topological polar surface area (TPSA) is 58.0 Å². The van der Waals surface area contributed by atoms with Crippen molar-refractivity contribution in [3.8, 4) is 0 Å². The zero-order valence-electron chi connectivity index (χ0n) is 6.40. The second-order valence-corrected chi connectivity index (χ2v) is 3.02. The highest BCUT2D eigenvalue weighted by molar-refractivity contribution is 7.77. The maximum absolute atomic E-state index is 10.5. The molecule has 0 bridgehead atoms. The van der Waals surface area contributed by atoms with Crippen molar-refractivity contribution in [2.24, 2.45) is 0 Å². The molecule has 62 valence electrons. The van der Waals surface area contributed by atoms with Gasteiger partial charge in [0.15, 0.2) is 0 Å². The van der Waals surface area contributed by atoms with Crippen LogP contribution in [-0.2, 0) is 17.7 Å². The van der Waals surface area contributed by atoms with E-state index in [1.54, 1.807) is 6.92 Å². The summed E-state index contributed by atoms with van der Waals surface area (Å²) >= 11 is -2.22. The predicted octanol–water partition coefficient (Wildman–Crippen LogP) is 0.396. The van der Waals surface area contributed by atoms with Crippen LogP contribution in [0.1, 0.15) is 18.4 Å². The minimum atomic E-state index is -2.22. The Morgan fingerprint density at radius 3 is 2.82 bits per heavy atom. The van der Waals surface area contributed by atoms with Crippen LogP contribution in [0.25, 0.3) is 0 Å². The second-order valence-electron chi connectivity index (χ2n) is 2.19. The van der Waals surface area contributed by atoms with Crippen molar-refractivity contribution in [3.05, 3.63) is 17.7 Å². The predicted molar refractivity (Wildman–Crippen MR) is 40.7 cm³/mol. The summed E-state index contributed by atoms with van der Waals surface area (Å²) < 4.78 is 22.2. The Kier molecular flexibility index (Phi) is 2.41. The maximum Gasteiger partial charge on any atom is 0.119 e. The van der Waals surface area contributed by atoms with Crippen LogP contribution in [0.15, 0.2) is 6.20 Å². The van der Waals surface area contributed by atoms with Crippen LogP contribution in [-0.4, -0.2) is 17.7 Å². The molecule has 0 aromatic carbocycles. The number of rotatable bonds is 2. The fourth-order valence-electron chi connectivity index (χ4n) is 0.890. The summed E-state index contributed by atoms with van der Waals surface area (Å²) in [4.78, 5) is 4.02. The van der Waals surface area contributed by atoms with E-state index in [9.17, 15) is 8.76 Å². The molecular weight excluding hydrogens is 164 g/mol. The molecule has 0 spiro atoms. The zero-order chi connectivity index (χ0) is 8.43. The molecule has 0 N–H and O–H groups in total. The summed E-state index contributed by atoms with van der Waals surface area (Å²) in [5.41, 5.74) is 0.728. The largest absolute Gasteiger partial charge is 0.755 e. The third kappa shape index (κ3) is 1.66. The van der Waals surface area contributed by atoms with Gasteiger partial charge in [-0.1, -0.05) is 6.92 Å². The van der Waals surface area contributed by atoms with E-state index in [2.05, 4.69) is 4.98 Å². The quantitative estimate of drug-likeness (QED) is 0.608. The lowest BCUT2D eigenvalue weighted by Crippen LogP contribution is -2.05. The SMILES string of the molecule is CCc1nc(C)cn1S(=O)[O-]. The average molecular weight is 173 g/mol. The summed E-state index contributed by atoms with van der Waals surface area (Å²) in [5, 5.41) is 0. The number of hydrogen-bond acceptors (Lipinski definition) is 3. The fourth-order valence-corrected chi connectivity index (χ4v) is 1.47. The normalized spacial score (nSPS) is 13.4. The number of hydrogen-bond donors (Lipinski definition) is 0. The molecule has 0 amide bonds. The van der Waals surface area contributed by atoms with Gasteiger partial charge in [0.25, 0.3) is 0 Å². The average Bonchev–Trinajstić information content (AvgIpc) is 2.30. The van der Waals surface area contributed by atoms with Gasteiger partial charge in [-0.05, 0) is 6.92 Å². The van der Waals surface area contributed by atoms with Gasteiger partial charge in [-0.25, -0.2) is 4.98 Å². The Bertz CT molecular complexity index is 282. The smallest absolute Gasteiger partial charge is 0.119 e. The van der Waals surface area contributed by atoms with Crippen molar-refractivity contribution >= 4 is 11.3 Å². The lowest BCUT2D eigenvalue weighted by molar-refractivity contribution is 0.525. The molecule has 1 aromatic rings. The van der Waals surface area contributed by atoms with E-state index >= 15 is 0 Å². The molecule has 1 unspecified atom stereocenters. The van der Waals surface area contributed by atoms with Crippen LogP contribution >= 0.6 is 0 Å². The van der Waals surface area contributed by atoms with Gasteiger partial charge >= 0.3 is 0 Å². The van der Waals surface area contributed by atoms with Crippen molar-refractivity contribution in [2.75, 3.05) is 0 Å². The van der Waals surface area contributed by atoms with Crippen molar-refractivity contribution < 1.29 is 8.76 Å². The fraction of sp³-hybridized carbons (Fsp3) is 0.500. The van der Waals surface area contributed by atoms with Gasteiger partial charge in [0.1, 0.15) is 5.82 Å². The van der Waals surface area contributed by atoms with Gasteiger partial charge in [-0.15, -0.1) is 0 Å². The number of imidazole rings is 1. The van der Waals surface area contributed by atoms with Gasteiger partial charge in [-0.3, -0.25) is 8.18 Å². The molecule has 0 aliphatic rings. The molecule has 1 rings (SSSR count). The lowest BCUT2D eigenvalue weighted by atomic mass is 10.5. The van der Waals surface area contributed by atoms with Crippen molar-refractivity contribution in [1.82, 2.24) is 8.96 Å². The molecule has 0 saturated heterocycles. The molecule has 1 aromatic heterocycles. The van der Waals surface area contributed by atoms with E-state index < -0.39 is 11.3 Å². The number of aromatic nitrogens is 2. The third-order valence-electron chi connectivity index (χ3n) is 1.34. The highest BCUT2D eigenvalue weighted by Gasteiger charge is 2.01. The van der Waals surface area contributed by atoms with Gasteiger partial charge in [0.05, 0.1) is 17.0 Å². The first-order valence-corrected chi connectivity index (χ1v) is 4.33. The van der Waals surface area contributed by atoms with Crippen LogP contribution in [0.2, 0.25) is 0 Å². The standard InChI is InChI=1S/C6H10N2O2S/c1-3-6-7-5(2)4-8(6)11(9)10/h4H,3H2,1-2H3,(H,9,10)/p-1. The van der Waals surface area contributed by atoms with Crippen molar-refractivity contribution in [1.29, 1.82) is 0 Å². The van der Waals surface area contributed by atoms with E-state index in [1.807, 2.05) is 6.92 Å². The van der Waals surface area contributed by atoms with Gasteiger partial charge in [0.2, 0.25) is 0 Å². The monoisotopic (exact) mass is 173 g/mol. The Labute approximate surface area is 67.7 Å². The summed E-state index contributed by atoms with van der Waals surface area (Å²) in [7, 11) is 0. The van der Waals surface area contributed by atoms with Crippen LogP contribution in [0, 0.1) is 6.92 Å². The van der Waals surface area contributed by atoms with Gasteiger partial charge in [0, 0.05) is 12.6 Å². The first-order valence-electron chi connectivity index (χ1n) is 3.29. The molecule has 0 fully saturated rings. The molecule has 1 atom stereocenters. The molecule has 0 radical (unpaired) electrons. The van der Waals surface area contributed by atoms with Crippen LogP contribution in [0.4, 0.5) is 0 Å². The maximum atomic E-state index is 10.5. The van der Waals surface area contributed by atoms with E-state index in [4.69, 9.17) is 0 Å². The summed E-state index contributed by atoms with van der Waals surface area (Å²) in [6.45, 7) is 3.63. The Morgan fingerprint density at radius 2 is 2.45 bits per heavy atom. The van der Waals surface area contributed by atoms with Gasteiger partial charge < -0.3 is 4.55 Å². The molecule has 1 heterocycles. The third-order valence-corrected chi connectivity index (χ3v) is 1.98. The zero-order valence-corrected chi connectivity index (χ0v) is 7.22. The minimum Gasteiger partial charge on any atom is -0.755 e. The Balaban J connectivity index is 3.12.